The number of fused-ring (bicyclic) bond motifs is 4. The Labute approximate surface area is 184 Å². The highest BCUT2D eigenvalue weighted by Gasteiger charge is 2.42. The van der Waals surface area contributed by atoms with E-state index >= 15 is 0 Å². The van der Waals surface area contributed by atoms with Crippen molar-refractivity contribution in [2.24, 2.45) is 11.8 Å². The molecule has 0 radical (unpaired) electrons. The minimum absolute atomic E-state index is 0.0312. The number of hydrogen-bond acceptors (Lipinski definition) is 3. The van der Waals surface area contributed by atoms with E-state index in [0.29, 0.717) is 11.5 Å². The summed E-state index contributed by atoms with van der Waals surface area (Å²) in [5, 5.41) is 12.2. The lowest BCUT2D eigenvalue weighted by molar-refractivity contribution is -0.137. The first-order valence-corrected chi connectivity index (χ1v) is 10.8. The molecule has 164 valence electrons. The minimum Gasteiger partial charge on any atom is -0.387 e. The van der Waals surface area contributed by atoms with Gasteiger partial charge in [0.05, 0.1) is 17.2 Å². The zero-order chi connectivity index (χ0) is 22.3. The standard InChI is InChI=1S/C26H23F3N2O/c27-26(28,29)20-9-6-17(7-10-20)5-8-19-16-31-14-12-18(19)15-24(31)25(32)22-11-13-30-23-4-2-1-3-21(22)23/h1-4,6-7,9-11,13,18-19,24-25,32H,12,14-16H2/t18-,19-,24-,25+/m0/s1. The second kappa shape index (κ2) is 8.23. The van der Waals surface area contributed by atoms with Crippen molar-refractivity contribution in [1.29, 1.82) is 0 Å². The Hall–Kier alpha value is -2.88. The van der Waals surface area contributed by atoms with Gasteiger partial charge in [0.2, 0.25) is 0 Å². The van der Waals surface area contributed by atoms with Crippen LogP contribution in [0.5, 0.6) is 0 Å². The van der Waals surface area contributed by atoms with Crippen LogP contribution in [0, 0.1) is 23.7 Å². The molecule has 1 unspecified atom stereocenters. The molecule has 0 spiro atoms. The maximum Gasteiger partial charge on any atom is 0.416 e. The Morgan fingerprint density at radius 3 is 2.56 bits per heavy atom. The number of hydrogen-bond donors (Lipinski definition) is 1. The van der Waals surface area contributed by atoms with E-state index in [1.807, 2.05) is 30.3 Å². The summed E-state index contributed by atoms with van der Waals surface area (Å²) in [5.41, 5.74) is 1.71. The van der Waals surface area contributed by atoms with E-state index in [9.17, 15) is 18.3 Å². The van der Waals surface area contributed by atoms with E-state index in [-0.39, 0.29) is 12.0 Å². The minimum atomic E-state index is -4.34. The Balaban J connectivity index is 1.32. The second-order valence-electron chi connectivity index (χ2n) is 8.66. The molecule has 2 bridgehead atoms. The van der Waals surface area contributed by atoms with Crippen molar-refractivity contribution < 1.29 is 18.3 Å². The molecule has 32 heavy (non-hydrogen) atoms. The summed E-state index contributed by atoms with van der Waals surface area (Å²) in [6, 6.07) is 14.8. The highest BCUT2D eigenvalue weighted by molar-refractivity contribution is 5.82. The van der Waals surface area contributed by atoms with Gasteiger partial charge in [-0.3, -0.25) is 9.88 Å². The van der Waals surface area contributed by atoms with Crippen LogP contribution in [0.3, 0.4) is 0 Å². The topological polar surface area (TPSA) is 36.4 Å². The number of nitrogens with zero attached hydrogens (tertiary/aromatic N) is 2. The van der Waals surface area contributed by atoms with Crippen LogP contribution in [0.1, 0.15) is 35.6 Å². The number of piperidine rings is 3. The number of para-hydroxylation sites is 1. The van der Waals surface area contributed by atoms with Gasteiger partial charge in [0.1, 0.15) is 0 Å². The van der Waals surface area contributed by atoms with Crippen LogP contribution in [0.4, 0.5) is 13.2 Å². The van der Waals surface area contributed by atoms with Crippen molar-refractivity contribution >= 4 is 10.9 Å². The van der Waals surface area contributed by atoms with Gasteiger partial charge >= 0.3 is 6.18 Å². The molecule has 4 heterocycles. The van der Waals surface area contributed by atoms with E-state index in [2.05, 4.69) is 21.7 Å². The predicted octanol–water partition coefficient (Wildman–Crippen LogP) is 5.05. The van der Waals surface area contributed by atoms with E-state index in [0.717, 1.165) is 54.5 Å². The summed E-state index contributed by atoms with van der Waals surface area (Å²) in [6.07, 6.45) is -1.32. The Kier molecular flexibility index (Phi) is 5.40. The fourth-order valence-corrected chi connectivity index (χ4v) is 5.06. The molecular formula is C26H23F3N2O. The van der Waals surface area contributed by atoms with Crippen LogP contribution in [0.2, 0.25) is 0 Å². The number of benzene rings is 2. The molecule has 0 aliphatic carbocycles. The fraction of sp³-hybridized carbons (Fsp3) is 0.346. The maximum atomic E-state index is 12.7. The van der Waals surface area contributed by atoms with Gasteiger partial charge in [-0.25, -0.2) is 0 Å². The number of rotatable bonds is 2. The van der Waals surface area contributed by atoms with Crippen molar-refractivity contribution in [2.75, 3.05) is 13.1 Å². The van der Waals surface area contributed by atoms with Crippen LogP contribution < -0.4 is 0 Å². The number of pyridine rings is 1. The highest BCUT2D eigenvalue weighted by atomic mass is 19.4. The molecule has 3 saturated heterocycles. The van der Waals surface area contributed by atoms with Crippen LogP contribution in [0.25, 0.3) is 10.9 Å². The third-order valence-corrected chi connectivity index (χ3v) is 6.78. The van der Waals surface area contributed by atoms with Gasteiger partial charge < -0.3 is 5.11 Å². The van der Waals surface area contributed by atoms with Gasteiger partial charge in [0, 0.05) is 35.7 Å². The van der Waals surface area contributed by atoms with Crippen molar-refractivity contribution in [3.63, 3.8) is 0 Å². The summed E-state index contributed by atoms with van der Waals surface area (Å²) in [5.74, 6) is 6.88. The number of aromatic nitrogens is 1. The average Bonchev–Trinajstić information content (AvgIpc) is 2.82. The molecule has 2 aromatic carbocycles. The van der Waals surface area contributed by atoms with Crippen molar-refractivity contribution in [3.05, 3.63) is 77.5 Å². The smallest absolute Gasteiger partial charge is 0.387 e. The van der Waals surface area contributed by atoms with Gasteiger partial charge in [-0.05, 0) is 67.3 Å². The highest BCUT2D eigenvalue weighted by Crippen LogP contribution is 2.41. The van der Waals surface area contributed by atoms with Crippen LogP contribution in [0.15, 0.2) is 60.8 Å². The average molecular weight is 436 g/mol. The van der Waals surface area contributed by atoms with E-state index in [1.54, 1.807) is 6.20 Å². The van der Waals surface area contributed by atoms with Gasteiger partial charge in [-0.1, -0.05) is 30.0 Å². The molecule has 6 rings (SSSR count). The first-order chi connectivity index (χ1) is 15.4. The first kappa shape index (κ1) is 21.0. The number of aliphatic hydroxyl groups is 1. The third-order valence-electron chi connectivity index (χ3n) is 6.78. The van der Waals surface area contributed by atoms with Crippen LogP contribution >= 0.6 is 0 Å². The lowest BCUT2D eigenvalue weighted by atomic mass is 9.73. The van der Waals surface area contributed by atoms with Crippen LogP contribution in [-0.4, -0.2) is 34.1 Å². The van der Waals surface area contributed by atoms with Crippen molar-refractivity contribution in [1.82, 2.24) is 9.88 Å². The zero-order valence-corrected chi connectivity index (χ0v) is 17.4. The summed E-state index contributed by atoms with van der Waals surface area (Å²) in [7, 11) is 0. The molecule has 1 N–H and O–H groups in total. The number of halogens is 3. The molecule has 0 amide bonds. The fourth-order valence-electron chi connectivity index (χ4n) is 5.06. The third kappa shape index (κ3) is 3.99. The predicted molar refractivity (Wildman–Crippen MR) is 117 cm³/mol. The quantitative estimate of drug-likeness (QED) is 0.572. The van der Waals surface area contributed by atoms with Gasteiger partial charge in [-0.15, -0.1) is 0 Å². The molecule has 3 nitrogen and oxygen atoms in total. The summed E-state index contributed by atoms with van der Waals surface area (Å²) in [6.45, 7) is 1.69. The molecule has 0 saturated carbocycles. The Bertz CT molecular complexity index is 1170. The monoisotopic (exact) mass is 436 g/mol. The van der Waals surface area contributed by atoms with Crippen molar-refractivity contribution in [2.45, 2.75) is 31.2 Å². The molecular weight excluding hydrogens is 413 g/mol. The van der Waals surface area contributed by atoms with Gasteiger partial charge in [0.15, 0.2) is 0 Å². The largest absolute Gasteiger partial charge is 0.416 e. The number of alkyl halides is 3. The summed E-state index contributed by atoms with van der Waals surface area (Å²) >= 11 is 0. The zero-order valence-electron chi connectivity index (χ0n) is 17.4. The normalized spacial score (nSPS) is 25.9. The maximum absolute atomic E-state index is 12.7. The molecule has 3 fully saturated rings. The van der Waals surface area contributed by atoms with Gasteiger partial charge in [0.25, 0.3) is 0 Å². The lowest BCUT2D eigenvalue weighted by Gasteiger charge is -2.50. The lowest BCUT2D eigenvalue weighted by Crippen LogP contribution is -2.55. The molecule has 6 heteroatoms. The van der Waals surface area contributed by atoms with E-state index in [4.69, 9.17) is 0 Å². The molecule has 3 aliphatic heterocycles. The molecule has 5 atom stereocenters. The summed E-state index contributed by atoms with van der Waals surface area (Å²) < 4.78 is 38.2. The van der Waals surface area contributed by atoms with Gasteiger partial charge in [-0.2, -0.15) is 13.2 Å². The second-order valence-corrected chi connectivity index (χ2v) is 8.66. The first-order valence-electron chi connectivity index (χ1n) is 10.8. The van der Waals surface area contributed by atoms with Crippen LogP contribution in [-0.2, 0) is 6.18 Å². The van der Waals surface area contributed by atoms with E-state index in [1.165, 1.54) is 12.1 Å². The Morgan fingerprint density at radius 1 is 1.06 bits per heavy atom. The SMILES string of the molecule is O[C@H](c1ccnc2ccccc12)[C@@H]1C[C@@H]2CCN1C[C@@H]2C#Cc1ccc(C(F)(F)F)cc1. The molecule has 1 aromatic heterocycles. The Morgan fingerprint density at radius 2 is 1.84 bits per heavy atom. The van der Waals surface area contributed by atoms with Crippen molar-refractivity contribution in [3.8, 4) is 11.8 Å². The summed E-state index contributed by atoms with van der Waals surface area (Å²) in [4.78, 5) is 6.71. The molecule has 3 aromatic rings. The number of aliphatic hydroxyl groups excluding tert-OH is 1. The van der Waals surface area contributed by atoms with E-state index < -0.39 is 17.8 Å². The molecule has 3 aliphatic rings.